The van der Waals surface area contributed by atoms with Crippen LogP contribution in [0.15, 0.2) is 0 Å². The molecule has 0 aromatic carbocycles. The molecule has 0 aromatic heterocycles. The number of nitrogens with one attached hydrogen (secondary N) is 1. The highest BCUT2D eigenvalue weighted by atomic mass is 32.2. The largest absolute Gasteiger partial charge is 0.480 e. The minimum absolute atomic E-state index is 0.380. The summed E-state index contributed by atoms with van der Waals surface area (Å²) in [5, 5.41) is 11.3. The average Bonchev–Trinajstić information content (AvgIpc) is 2.24. The first kappa shape index (κ1) is 15.2. The second-order valence-electron chi connectivity index (χ2n) is 3.58. The minimum Gasteiger partial charge on any atom is -0.480 e. The van der Waals surface area contributed by atoms with Crippen molar-refractivity contribution >= 4 is 23.6 Å². The van der Waals surface area contributed by atoms with E-state index in [2.05, 4.69) is 5.32 Å². The van der Waals surface area contributed by atoms with Crippen LogP contribution in [0.25, 0.3) is 0 Å². The molecule has 16 heavy (non-hydrogen) atoms. The molecule has 1 amide bonds. The number of hydrogen-bond acceptors (Lipinski definition) is 4. The van der Waals surface area contributed by atoms with Crippen molar-refractivity contribution in [1.29, 1.82) is 0 Å². The zero-order valence-electron chi connectivity index (χ0n) is 9.73. The average molecular weight is 248 g/mol. The van der Waals surface area contributed by atoms with Gasteiger partial charge in [-0.1, -0.05) is 13.3 Å². The Bertz CT molecular complexity index is 236. The molecule has 0 radical (unpaired) electrons. The van der Waals surface area contributed by atoms with Crippen molar-refractivity contribution in [2.24, 2.45) is 5.73 Å². The molecule has 0 bridgehead atoms. The fourth-order valence-electron chi connectivity index (χ4n) is 1.20. The maximum atomic E-state index is 11.5. The van der Waals surface area contributed by atoms with Crippen LogP contribution >= 0.6 is 11.8 Å². The van der Waals surface area contributed by atoms with Gasteiger partial charge in [0.25, 0.3) is 0 Å². The Hall–Kier alpha value is -0.750. The van der Waals surface area contributed by atoms with E-state index in [4.69, 9.17) is 10.8 Å². The van der Waals surface area contributed by atoms with Crippen LogP contribution in [0.2, 0.25) is 0 Å². The van der Waals surface area contributed by atoms with Gasteiger partial charge in [-0.25, -0.2) is 4.79 Å². The monoisotopic (exact) mass is 248 g/mol. The first-order chi connectivity index (χ1) is 7.52. The standard InChI is InChI=1S/C10H20N2O3S/c1-3-4-8(10(14)15)12-9(13)7(11)5-6-16-2/h7-8H,3-6,11H2,1-2H3,(H,12,13)(H,14,15)/t7-,8+/m0/s1. The van der Waals surface area contributed by atoms with Crippen LogP contribution in [0.1, 0.15) is 26.2 Å². The highest BCUT2D eigenvalue weighted by Crippen LogP contribution is 2.01. The van der Waals surface area contributed by atoms with Crippen molar-refractivity contribution in [3.63, 3.8) is 0 Å². The van der Waals surface area contributed by atoms with Crippen LogP contribution in [-0.2, 0) is 9.59 Å². The van der Waals surface area contributed by atoms with Gasteiger partial charge in [0.1, 0.15) is 6.04 Å². The third kappa shape index (κ3) is 5.97. The number of aliphatic carboxylic acids is 1. The molecule has 0 aliphatic carbocycles. The van der Waals surface area contributed by atoms with Gasteiger partial charge in [0.05, 0.1) is 6.04 Å². The topological polar surface area (TPSA) is 92.4 Å². The predicted molar refractivity (Wildman–Crippen MR) is 65.4 cm³/mol. The highest BCUT2D eigenvalue weighted by Gasteiger charge is 2.21. The van der Waals surface area contributed by atoms with Crippen LogP contribution in [0, 0.1) is 0 Å². The quantitative estimate of drug-likeness (QED) is 0.579. The lowest BCUT2D eigenvalue weighted by Crippen LogP contribution is -2.48. The molecule has 0 fully saturated rings. The molecular formula is C10H20N2O3S. The van der Waals surface area contributed by atoms with Gasteiger partial charge in [0, 0.05) is 0 Å². The Morgan fingerprint density at radius 1 is 1.44 bits per heavy atom. The normalized spacial score (nSPS) is 14.2. The summed E-state index contributed by atoms with van der Waals surface area (Å²) in [6.45, 7) is 1.87. The number of amides is 1. The number of nitrogens with two attached hydrogens (primary N) is 1. The Kier molecular flexibility index (Phi) is 8.01. The summed E-state index contributed by atoms with van der Waals surface area (Å²) in [4.78, 5) is 22.3. The molecule has 0 aliphatic rings. The molecule has 0 rings (SSSR count). The van der Waals surface area contributed by atoms with Crippen molar-refractivity contribution in [3.05, 3.63) is 0 Å². The van der Waals surface area contributed by atoms with Crippen LogP contribution in [-0.4, -0.2) is 41.1 Å². The van der Waals surface area contributed by atoms with Crippen molar-refractivity contribution in [3.8, 4) is 0 Å². The molecule has 94 valence electrons. The van der Waals surface area contributed by atoms with E-state index in [-0.39, 0.29) is 5.91 Å². The molecule has 0 aliphatic heterocycles. The van der Waals surface area contributed by atoms with Gasteiger partial charge in [-0.15, -0.1) is 0 Å². The fraction of sp³-hybridized carbons (Fsp3) is 0.800. The third-order valence-corrected chi connectivity index (χ3v) is 2.81. The van der Waals surface area contributed by atoms with Gasteiger partial charge in [-0.05, 0) is 24.9 Å². The lowest BCUT2D eigenvalue weighted by atomic mass is 10.1. The molecule has 0 aromatic rings. The zero-order valence-corrected chi connectivity index (χ0v) is 10.5. The summed E-state index contributed by atoms with van der Waals surface area (Å²) in [6.07, 6.45) is 3.63. The summed E-state index contributed by atoms with van der Waals surface area (Å²) >= 11 is 1.61. The van der Waals surface area contributed by atoms with Crippen molar-refractivity contribution in [1.82, 2.24) is 5.32 Å². The number of carbonyl (C=O) groups is 2. The van der Waals surface area contributed by atoms with E-state index < -0.39 is 18.1 Å². The fourth-order valence-corrected chi connectivity index (χ4v) is 1.69. The Morgan fingerprint density at radius 2 is 2.06 bits per heavy atom. The smallest absolute Gasteiger partial charge is 0.326 e. The van der Waals surface area contributed by atoms with E-state index in [9.17, 15) is 9.59 Å². The van der Waals surface area contributed by atoms with E-state index in [0.29, 0.717) is 19.3 Å². The minimum atomic E-state index is -1.01. The van der Waals surface area contributed by atoms with Gasteiger partial charge in [-0.2, -0.15) is 11.8 Å². The lowest BCUT2D eigenvalue weighted by molar-refractivity contribution is -0.142. The summed E-state index contributed by atoms with van der Waals surface area (Å²) in [5.41, 5.74) is 5.63. The molecule has 0 unspecified atom stereocenters. The Morgan fingerprint density at radius 3 is 2.50 bits per heavy atom. The second kappa shape index (κ2) is 8.41. The number of rotatable bonds is 8. The lowest BCUT2D eigenvalue weighted by Gasteiger charge is -2.16. The van der Waals surface area contributed by atoms with Gasteiger partial charge in [0.2, 0.25) is 5.91 Å². The molecule has 6 heteroatoms. The van der Waals surface area contributed by atoms with Gasteiger partial charge in [-0.3, -0.25) is 4.79 Å². The molecule has 0 heterocycles. The van der Waals surface area contributed by atoms with Crippen LogP contribution in [0.5, 0.6) is 0 Å². The molecular weight excluding hydrogens is 228 g/mol. The van der Waals surface area contributed by atoms with E-state index in [1.165, 1.54) is 0 Å². The SMILES string of the molecule is CCC[C@@H](NC(=O)[C@@H](N)CCSC)C(=O)O. The second-order valence-corrected chi connectivity index (χ2v) is 4.56. The summed E-state index contributed by atoms with van der Waals surface area (Å²) in [7, 11) is 0. The Labute approximate surface area is 100 Å². The van der Waals surface area contributed by atoms with Crippen molar-refractivity contribution in [2.45, 2.75) is 38.3 Å². The number of hydrogen-bond donors (Lipinski definition) is 3. The maximum Gasteiger partial charge on any atom is 0.326 e. The van der Waals surface area contributed by atoms with Crippen LogP contribution < -0.4 is 11.1 Å². The molecule has 2 atom stereocenters. The van der Waals surface area contributed by atoms with E-state index >= 15 is 0 Å². The molecule has 0 saturated heterocycles. The number of carboxylic acid groups (broad SMARTS) is 1. The van der Waals surface area contributed by atoms with Crippen LogP contribution in [0.4, 0.5) is 0 Å². The van der Waals surface area contributed by atoms with Gasteiger partial charge < -0.3 is 16.2 Å². The Balaban J connectivity index is 4.12. The molecule has 5 nitrogen and oxygen atoms in total. The summed E-state index contributed by atoms with van der Waals surface area (Å²) in [6, 6.07) is -1.44. The van der Waals surface area contributed by atoms with E-state index in [0.717, 1.165) is 5.75 Å². The van der Waals surface area contributed by atoms with E-state index in [1.54, 1.807) is 11.8 Å². The number of carboxylic acids is 1. The van der Waals surface area contributed by atoms with E-state index in [1.807, 2.05) is 13.2 Å². The highest BCUT2D eigenvalue weighted by molar-refractivity contribution is 7.98. The third-order valence-electron chi connectivity index (χ3n) is 2.16. The number of carbonyl (C=O) groups excluding carboxylic acids is 1. The predicted octanol–water partition coefficient (Wildman–Crippen LogP) is 0.436. The first-order valence-corrected chi connectivity index (χ1v) is 6.70. The summed E-state index contributed by atoms with van der Waals surface area (Å²) < 4.78 is 0. The molecule has 0 spiro atoms. The van der Waals surface area contributed by atoms with Crippen LogP contribution in [0.3, 0.4) is 0 Å². The number of thioether (sulfide) groups is 1. The summed E-state index contributed by atoms with van der Waals surface area (Å²) in [5.74, 6) is -0.595. The molecule has 4 N–H and O–H groups in total. The molecule has 0 saturated carbocycles. The maximum absolute atomic E-state index is 11.5. The van der Waals surface area contributed by atoms with Gasteiger partial charge in [0.15, 0.2) is 0 Å². The zero-order chi connectivity index (χ0) is 12.6. The first-order valence-electron chi connectivity index (χ1n) is 5.30. The van der Waals surface area contributed by atoms with Crippen molar-refractivity contribution in [2.75, 3.05) is 12.0 Å². The van der Waals surface area contributed by atoms with Gasteiger partial charge >= 0.3 is 5.97 Å². The van der Waals surface area contributed by atoms with Crippen molar-refractivity contribution < 1.29 is 14.7 Å².